The lowest BCUT2D eigenvalue weighted by molar-refractivity contribution is -0.113. The molecule has 4 nitrogen and oxygen atoms in total. The third kappa shape index (κ3) is 3.04. The van der Waals surface area contributed by atoms with Crippen LogP contribution in [0.5, 0.6) is 0 Å². The minimum absolute atomic E-state index is 0.287. The Bertz CT molecular complexity index is 743. The molecule has 1 aromatic carbocycles. The fourth-order valence-electron chi connectivity index (χ4n) is 2.35. The summed E-state index contributed by atoms with van der Waals surface area (Å²) < 4.78 is 2.61. The number of amides is 1. The molecule has 2 aromatic rings. The largest absolute Gasteiger partial charge is 0.364 e. The molecule has 2 N–H and O–H groups in total. The zero-order valence-corrected chi connectivity index (χ0v) is 14.2. The van der Waals surface area contributed by atoms with Gasteiger partial charge in [-0.25, -0.2) is 4.98 Å². The molecule has 0 spiro atoms. The van der Waals surface area contributed by atoms with Gasteiger partial charge in [0.15, 0.2) is 0 Å². The van der Waals surface area contributed by atoms with E-state index in [0.717, 1.165) is 20.6 Å². The van der Waals surface area contributed by atoms with Crippen LogP contribution >= 0.6 is 35.1 Å². The molecule has 0 aliphatic carbocycles. The first-order valence-electron chi connectivity index (χ1n) is 6.64. The number of thioether (sulfide) groups is 2. The maximum absolute atomic E-state index is 11.8. The van der Waals surface area contributed by atoms with Crippen molar-refractivity contribution in [3.05, 3.63) is 57.3 Å². The average molecular weight is 352 g/mol. The summed E-state index contributed by atoms with van der Waals surface area (Å²) >= 11 is 9.34. The highest BCUT2D eigenvalue weighted by molar-refractivity contribution is 8.25. The van der Waals surface area contributed by atoms with Crippen molar-refractivity contribution in [3.8, 4) is 0 Å². The van der Waals surface area contributed by atoms with Gasteiger partial charge >= 0.3 is 0 Å². The summed E-state index contributed by atoms with van der Waals surface area (Å²) in [6.45, 7) is 2.05. The summed E-state index contributed by atoms with van der Waals surface area (Å²) in [5, 5.41) is 1.03. The molecule has 1 atom stereocenters. The number of carbonyl (C=O) groups excluding carboxylic acids is 1. The van der Waals surface area contributed by atoms with Crippen LogP contribution in [-0.2, 0) is 4.79 Å². The molecular formula is C15H14ClN3OS2. The van der Waals surface area contributed by atoms with Crippen molar-refractivity contribution in [3.63, 3.8) is 0 Å². The monoisotopic (exact) mass is 351 g/mol. The quantitative estimate of drug-likeness (QED) is 0.857. The van der Waals surface area contributed by atoms with Crippen molar-refractivity contribution >= 4 is 46.7 Å². The zero-order chi connectivity index (χ0) is 15.7. The number of rotatable bonds is 3. The Labute approximate surface area is 142 Å². The van der Waals surface area contributed by atoms with Crippen molar-refractivity contribution in [2.75, 3.05) is 5.75 Å². The van der Waals surface area contributed by atoms with Crippen LogP contribution in [0.4, 0.5) is 0 Å². The van der Waals surface area contributed by atoms with E-state index in [9.17, 15) is 4.79 Å². The first-order valence-corrected chi connectivity index (χ1v) is 8.88. The number of carbonyl (C=O) groups is 1. The topological polar surface area (TPSA) is 60.9 Å². The minimum Gasteiger partial charge on any atom is -0.364 e. The van der Waals surface area contributed by atoms with Crippen LogP contribution in [-0.4, -0.2) is 21.2 Å². The van der Waals surface area contributed by atoms with Crippen LogP contribution in [0.3, 0.4) is 0 Å². The van der Waals surface area contributed by atoms with Crippen LogP contribution in [0.1, 0.15) is 16.4 Å². The predicted octanol–water partition coefficient (Wildman–Crippen LogP) is 3.68. The van der Waals surface area contributed by atoms with E-state index in [1.807, 2.05) is 12.1 Å². The SMILES string of the molecule is Cc1cc(Cl)ccc1C1CS/C(=C(\C(N)=O)n2ccnc2)S1. The highest BCUT2D eigenvalue weighted by atomic mass is 35.5. The molecule has 2 heterocycles. The van der Waals surface area contributed by atoms with Gasteiger partial charge < -0.3 is 5.73 Å². The number of aryl methyl sites for hydroxylation is 1. The van der Waals surface area contributed by atoms with Crippen molar-refractivity contribution < 1.29 is 4.79 Å². The molecule has 0 radical (unpaired) electrons. The van der Waals surface area contributed by atoms with E-state index in [-0.39, 0.29) is 5.25 Å². The second-order valence-corrected chi connectivity index (χ2v) is 7.83. The minimum atomic E-state index is -0.443. The van der Waals surface area contributed by atoms with E-state index in [2.05, 4.69) is 18.0 Å². The van der Waals surface area contributed by atoms with E-state index in [1.54, 1.807) is 46.8 Å². The Morgan fingerprint density at radius 3 is 2.95 bits per heavy atom. The lowest BCUT2D eigenvalue weighted by Crippen LogP contribution is -2.17. The molecule has 1 saturated heterocycles. The fraction of sp³-hybridized carbons (Fsp3) is 0.200. The second-order valence-electron chi connectivity index (χ2n) is 4.89. The molecule has 0 saturated carbocycles. The van der Waals surface area contributed by atoms with Gasteiger partial charge in [-0.15, -0.1) is 23.5 Å². The molecule has 7 heteroatoms. The van der Waals surface area contributed by atoms with Gasteiger partial charge in [0, 0.05) is 28.4 Å². The number of benzene rings is 1. The Hall–Kier alpha value is -1.37. The Balaban J connectivity index is 1.93. The van der Waals surface area contributed by atoms with Gasteiger partial charge in [0.2, 0.25) is 0 Å². The van der Waals surface area contributed by atoms with Crippen LogP contribution < -0.4 is 5.73 Å². The summed E-state index contributed by atoms with van der Waals surface area (Å²) in [6, 6.07) is 5.93. The molecule has 1 fully saturated rings. The van der Waals surface area contributed by atoms with E-state index < -0.39 is 5.91 Å². The van der Waals surface area contributed by atoms with E-state index in [0.29, 0.717) is 5.70 Å². The van der Waals surface area contributed by atoms with Gasteiger partial charge in [-0.05, 0) is 30.2 Å². The van der Waals surface area contributed by atoms with E-state index >= 15 is 0 Å². The van der Waals surface area contributed by atoms with Crippen LogP contribution in [0.2, 0.25) is 5.02 Å². The number of aromatic nitrogens is 2. The summed E-state index contributed by atoms with van der Waals surface area (Å²) in [5.74, 6) is 0.454. The van der Waals surface area contributed by atoms with E-state index in [4.69, 9.17) is 17.3 Å². The Kier molecular flexibility index (Phi) is 4.52. The lowest BCUT2D eigenvalue weighted by Gasteiger charge is -2.12. The number of halogens is 1. The molecule has 1 aliphatic rings. The smallest absolute Gasteiger partial charge is 0.267 e. The zero-order valence-electron chi connectivity index (χ0n) is 11.8. The fourth-order valence-corrected chi connectivity index (χ4v) is 5.67. The highest BCUT2D eigenvalue weighted by Gasteiger charge is 2.28. The molecule has 1 amide bonds. The number of nitrogens with zero attached hydrogens (tertiary/aromatic N) is 2. The van der Waals surface area contributed by atoms with Crippen molar-refractivity contribution in [1.82, 2.24) is 9.55 Å². The predicted molar refractivity (Wildman–Crippen MR) is 93.6 cm³/mol. The summed E-state index contributed by atoms with van der Waals surface area (Å²) in [6.07, 6.45) is 4.96. The molecule has 22 heavy (non-hydrogen) atoms. The second kappa shape index (κ2) is 6.40. The van der Waals surface area contributed by atoms with Gasteiger partial charge in [0.1, 0.15) is 5.70 Å². The third-order valence-electron chi connectivity index (χ3n) is 3.38. The molecule has 3 rings (SSSR count). The molecule has 1 aliphatic heterocycles. The third-order valence-corrected chi connectivity index (χ3v) is 6.54. The summed E-state index contributed by atoms with van der Waals surface area (Å²) in [4.78, 5) is 15.8. The Morgan fingerprint density at radius 2 is 2.32 bits per heavy atom. The van der Waals surface area contributed by atoms with Gasteiger partial charge in [0.25, 0.3) is 5.91 Å². The van der Waals surface area contributed by atoms with Crippen molar-refractivity contribution in [2.45, 2.75) is 12.2 Å². The molecule has 1 aromatic heterocycles. The van der Waals surface area contributed by atoms with Crippen LogP contribution in [0.15, 0.2) is 41.2 Å². The van der Waals surface area contributed by atoms with Gasteiger partial charge in [-0.1, -0.05) is 17.7 Å². The molecule has 0 bridgehead atoms. The summed E-state index contributed by atoms with van der Waals surface area (Å²) in [7, 11) is 0. The lowest BCUT2D eigenvalue weighted by atomic mass is 10.1. The maximum Gasteiger partial charge on any atom is 0.267 e. The number of imidazole rings is 1. The normalized spacial score (nSPS) is 20.2. The summed E-state index contributed by atoms with van der Waals surface area (Å²) in [5.41, 5.74) is 8.44. The first-order chi connectivity index (χ1) is 10.6. The standard InChI is InChI=1S/C15H14ClN3OS2/c1-9-6-10(16)2-3-11(9)12-7-21-15(22-12)13(14(17)20)19-5-4-18-8-19/h2-6,8,12H,7H2,1H3,(H2,17,20)/b15-13-. The van der Waals surface area contributed by atoms with Crippen LogP contribution in [0, 0.1) is 6.92 Å². The average Bonchev–Trinajstić information content (AvgIpc) is 3.11. The van der Waals surface area contributed by atoms with Gasteiger partial charge in [-0.2, -0.15) is 0 Å². The van der Waals surface area contributed by atoms with Gasteiger partial charge in [-0.3, -0.25) is 9.36 Å². The van der Waals surface area contributed by atoms with Crippen molar-refractivity contribution in [2.24, 2.45) is 5.73 Å². The Morgan fingerprint density at radius 1 is 1.50 bits per heavy atom. The van der Waals surface area contributed by atoms with E-state index in [1.165, 1.54) is 5.56 Å². The number of primary amides is 1. The van der Waals surface area contributed by atoms with Crippen LogP contribution in [0.25, 0.3) is 5.70 Å². The molecule has 114 valence electrons. The molecular weight excluding hydrogens is 338 g/mol. The number of hydrogen-bond donors (Lipinski definition) is 1. The molecule has 1 unspecified atom stereocenters. The van der Waals surface area contributed by atoms with Gasteiger partial charge in [0.05, 0.1) is 10.6 Å². The maximum atomic E-state index is 11.8. The highest BCUT2D eigenvalue weighted by Crippen LogP contribution is 2.52. The number of hydrogen-bond acceptors (Lipinski definition) is 4. The van der Waals surface area contributed by atoms with Crippen molar-refractivity contribution in [1.29, 1.82) is 0 Å². The number of nitrogens with two attached hydrogens (primary N) is 1. The first kappa shape index (κ1) is 15.5.